The van der Waals surface area contributed by atoms with Gasteiger partial charge < -0.3 is 5.32 Å². The Balaban J connectivity index is 1.71. The molecule has 4 rings (SSSR count). The predicted molar refractivity (Wildman–Crippen MR) is 111 cm³/mol. The fraction of sp³-hybridized carbons (Fsp3) is 0.0588. The summed E-state index contributed by atoms with van der Waals surface area (Å²) in [6.07, 6.45) is 0. The number of carbonyl (C=O) groups excluding carboxylic acids is 2. The van der Waals surface area contributed by atoms with Crippen molar-refractivity contribution in [3.8, 4) is 0 Å². The largest absolute Gasteiger partial charge is 0.320 e. The molecule has 0 aromatic heterocycles. The summed E-state index contributed by atoms with van der Waals surface area (Å²) in [6, 6.07) is 12.8. The third-order valence-electron chi connectivity index (χ3n) is 3.79. The van der Waals surface area contributed by atoms with Crippen LogP contribution >= 0.6 is 43.6 Å². The van der Waals surface area contributed by atoms with Crippen molar-refractivity contribution in [3.05, 3.63) is 57.0 Å². The SMILES string of the molecule is O=C1Nc2ccc(Br)cc2/C1=N\N=C1/SCC(=O)N1c1ccc(Br)cc1. The molecule has 0 unspecified atom stereocenters. The number of fused-ring (bicyclic) bond motifs is 1. The number of rotatable bonds is 2. The fourth-order valence-corrected chi connectivity index (χ4v) is 4.04. The molecular weight excluding hydrogens is 484 g/mol. The molecule has 2 aliphatic heterocycles. The lowest BCUT2D eigenvalue weighted by Gasteiger charge is -2.15. The van der Waals surface area contributed by atoms with Crippen molar-refractivity contribution in [3.63, 3.8) is 0 Å². The highest BCUT2D eigenvalue weighted by Crippen LogP contribution is 2.29. The molecule has 2 heterocycles. The molecule has 0 bridgehead atoms. The molecule has 9 heteroatoms. The molecule has 1 fully saturated rings. The maximum atomic E-state index is 12.3. The number of benzene rings is 2. The van der Waals surface area contributed by atoms with E-state index in [0.717, 1.165) is 8.95 Å². The zero-order valence-electron chi connectivity index (χ0n) is 13.1. The summed E-state index contributed by atoms with van der Waals surface area (Å²) in [5.74, 6) is -0.101. The summed E-state index contributed by atoms with van der Waals surface area (Å²) in [4.78, 5) is 25.9. The van der Waals surface area contributed by atoms with Crippen molar-refractivity contribution in [2.24, 2.45) is 10.2 Å². The van der Waals surface area contributed by atoms with E-state index in [2.05, 4.69) is 47.4 Å². The van der Waals surface area contributed by atoms with E-state index in [4.69, 9.17) is 0 Å². The van der Waals surface area contributed by atoms with Crippen molar-refractivity contribution >= 4 is 77.7 Å². The molecule has 2 amide bonds. The molecule has 1 saturated heterocycles. The summed E-state index contributed by atoms with van der Waals surface area (Å²) in [5.41, 5.74) is 2.31. The lowest BCUT2D eigenvalue weighted by molar-refractivity contribution is -0.115. The highest BCUT2D eigenvalue weighted by Gasteiger charge is 2.31. The van der Waals surface area contributed by atoms with Gasteiger partial charge in [-0.25, -0.2) is 0 Å². The molecule has 6 nitrogen and oxygen atoms in total. The van der Waals surface area contributed by atoms with Gasteiger partial charge >= 0.3 is 0 Å². The van der Waals surface area contributed by atoms with E-state index in [0.29, 0.717) is 22.1 Å². The Morgan fingerprint density at radius 2 is 1.73 bits per heavy atom. The van der Waals surface area contributed by atoms with Crippen molar-refractivity contribution in [2.45, 2.75) is 0 Å². The lowest BCUT2D eigenvalue weighted by atomic mass is 10.1. The molecule has 2 aromatic rings. The number of hydrogen-bond acceptors (Lipinski definition) is 5. The molecule has 130 valence electrons. The summed E-state index contributed by atoms with van der Waals surface area (Å²) >= 11 is 8.06. The number of carbonyl (C=O) groups is 2. The third-order valence-corrected chi connectivity index (χ3v) is 5.72. The number of thioether (sulfide) groups is 1. The molecular formula is C17H10Br2N4O2S. The lowest BCUT2D eigenvalue weighted by Crippen LogP contribution is -2.29. The maximum Gasteiger partial charge on any atom is 0.276 e. The summed E-state index contributed by atoms with van der Waals surface area (Å²) < 4.78 is 1.76. The van der Waals surface area contributed by atoms with Crippen LogP contribution in [0.25, 0.3) is 0 Å². The van der Waals surface area contributed by atoms with E-state index in [1.807, 2.05) is 36.4 Å². The second-order valence-electron chi connectivity index (χ2n) is 5.47. The van der Waals surface area contributed by atoms with Crippen LogP contribution < -0.4 is 10.2 Å². The van der Waals surface area contributed by atoms with E-state index in [9.17, 15) is 9.59 Å². The number of amides is 2. The fourth-order valence-electron chi connectivity index (χ4n) is 2.60. The van der Waals surface area contributed by atoms with Gasteiger partial charge in [0.2, 0.25) is 5.91 Å². The Morgan fingerprint density at radius 3 is 2.50 bits per heavy atom. The number of nitrogens with one attached hydrogen (secondary N) is 1. The normalized spacial score (nSPS) is 19.4. The van der Waals surface area contributed by atoms with E-state index in [1.54, 1.807) is 6.07 Å². The van der Waals surface area contributed by atoms with Gasteiger partial charge in [0.15, 0.2) is 10.9 Å². The minimum Gasteiger partial charge on any atom is -0.320 e. The van der Waals surface area contributed by atoms with Crippen LogP contribution in [0.3, 0.4) is 0 Å². The standard InChI is InChI=1S/C17H10Br2N4O2S/c18-9-1-4-11(5-2-9)23-14(24)8-26-17(23)22-21-15-12-7-10(19)3-6-13(12)20-16(15)25/h1-7H,8H2,(H,20,21,25)/b22-17-. The van der Waals surface area contributed by atoms with Crippen LogP contribution in [-0.4, -0.2) is 28.4 Å². The van der Waals surface area contributed by atoms with Crippen molar-refractivity contribution in [1.29, 1.82) is 0 Å². The van der Waals surface area contributed by atoms with Crippen molar-refractivity contribution < 1.29 is 9.59 Å². The van der Waals surface area contributed by atoms with E-state index in [-0.39, 0.29) is 23.3 Å². The molecule has 1 N–H and O–H groups in total. The van der Waals surface area contributed by atoms with Crippen LogP contribution in [0.4, 0.5) is 11.4 Å². The topological polar surface area (TPSA) is 74.1 Å². The van der Waals surface area contributed by atoms with Gasteiger partial charge in [-0.15, -0.1) is 10.2 Å². The quantitative estimate of drug-likeness (QED) is 0.642. The minimum atomic E-state index is -0.313. The van der Waals surface area contributed by atoms with Gasteiger partial charge in [0.05, 0.1) is 17.1 Å². The summed E-state index contributed by atoms with van der Waals surface area (Å²) in [7, 11) is 0. The van der Waals surface area contributed by atoms with Crippen LogP contribution in [-0.2, 0) is 9.59 Å². The Bertz CT molecular complexity index is 989. The Kier molecular flexibility index (Phi) is 4.68. The van der Waals surface area contributed by atoms with Gasteiger partial charge in [-0.2, -0.15) is 0 Å². The van der Waals surface area contributed by atoms with E-state index in [1.165, 1.54) is 16.7 Å². The highest BCUT2D eigenvalue weighted by molar-refractivity contribution is 9.10. The van der Waals surface area contributed by atoms with Crippen LogP contribution in [0.15, 0.2) is 61.6 Å². The van der Waals surface area contributed by atoms with E-state index >= 15 is 0 Å². The second kappa shape index (κ2) is 6.98. The number of amidine groups is 1. The first-order chi connectivity index (χ1) is 12.5. The molecule has 0 spiro atoms. The van der Waals surface area contributed by atoms with E-state index < -0.39 is 0 Å². The summed E-state index contributed by atoms with van der Waals surface area (Å²) in [5, 5.41) is 11.5. The number of nitrogens with zero attached hydrogens (tertiary/aromatic N) is 3. The first kappa shape index (κ1) is 17.4. The zero-order valence-corrected chi connectivity index (χ0v) is 17.1. The van der Waals surface area contributed by atoms with Gasteiger partial charge in [0, 0.05) is 14.5 Å². The minimum absolute atomic E-state index is 0.0738. The van der Waals surface area contributed by atoms with Crippen LogP contribution in [0.2, 0.25) is 0 Å². The van der Waals surface area contributed by atoms with Crippen molar-refractivity contribution in [2.75, 3.05) is 16.0 Å². The smallest absolute Gasteiger partial charge is 0.276 e. The van der Waals surface area contributed by atoms with Gasteiger partial charge in [0.25, 0.3) is 5.91 Å². The molecule has 0 aliphatic carbocycles. The molecule has 0 saturated carbocycles. The van der Waals surface area contributed by atoms with Gasteiger partial charge in [-0.1, -0.05) is 43.6 Å². The summed E-state index contributed by atoms with van der Waals surface area (Å²) in [6.45, 7) is 0. The van der Waals surface area contributed by atoms with Gasteiger partial charge in [0.1, 0.15) is 0 Å². The Labute approximate surface area is 170 Å². The average molecular weight is 494 g/mol. The monoisotopic (exact) mass is 492 g/mol. The first-order valence-corrected chi connectivity index (χ1v) is 10.1. The molecule has 2 aromatic carbocycles. The highest BCUT2D eigenvalue weighted by atomic mass is 79.9. The van der Waals surface area contributed by atoms with Crippen molar-refractivity contribution in [1.82, 2.24) is 0 Å². The third kappa shape index (κ3) is 3.22. The second-order valence-corrected chi connectivity index (χ2v) is 8.24. The zero-order chi connectivity index (χ0) is 18.3. The molecule has 26 heavy (non-hydrogen) atoms. The average Bonchev–Trinajstić information content (AvgIpc) is 3.13. The molecule has 0 atom stereocenters. The Hall–Kier alpha value is -1.97. The first-order valence-electron chi connectivity index (χ1n) is 7.51. The Morgan fingerprint density at radius 1 is 1.00 bits per heavy atom. The van der Waals surface area contributed by atoms with Crippen LogP contribution in [0.1, 0.15) is 5.56 Å². The van der Waals surface area contributed by atoms with Crippen LogP contribution in [0.5, 0.6) is 0 Å². The number of hydrogen-bond donors (Lipinski definition) is 1. The van der Waals surface area contributed by atoms with Gasteiger partial charge in [-0.05, 0) is 42.5 Å². The number of halogens is 2. The van der Waals surface area contributed by atoms with Crippen LogP contribution in [0, 0.1) is 0 Å². The maximum absolute atomic E-state index is 12.3. The molecule has 2 aliphatic rings. The number of anilines is 2. The van der Waals surface area contributed by atoms with Gasteiger partial charge in [-0.3, -0.25) is 14.5 Å². The predicted octanol–water partition coefficient (Wildman–Crippen LogP) is 4.00. The molecule has 0 radical (unpaired) electrons.